The van der Waals surface area contributed by atoms with Crippen molar-refractivity contribution >= 4 is 12.0 Å². The van der Waals surface area contributed by atoms with E-state index in [4.69, 9.17) is 9.15 Å². The molecule has 2 aromatic rings. The summed E-state index contributed by atoms with van der Waals surface area (Å²) in [5.41, 5.74) is 5.22. The Hall–Kier alpha value is -2.53. The Labute approximate surface area is 196 Å². The number of piperidine rings is 1. The summed E-state index contributed by atoms with van der Waals surface area (Å²) >= 11 is 0. The number of ether oxygens (including phenoxy) is 1. The maximum atomic E-state index is 13.2. The monoisotopic (exact) mass is 447 g/mol. The molecule has 0 radical (unpaired) electrons. The molecule has 4 aliphatic rings. The number of nitrogens with zero attached hydrogens (tertiary/aromatic N) is 2. The van der Waals surface area contributed by atoms with Crippen LogP contribution in [0.3, 0.4) is 0 Å². The van der Waals surface area contributed by atoms with Gasteiger partial charge in [-0.15, -0.1) is 0 Å². The molecule has 33 heavy (non-hydrogen) atoms. The van der Waals surface area contributed by atoms with Crippen molar-refractivity contribution in [1.82, 2.24) is 4.90 Å². The number of hydrogen-bond acceptors (Lipinski definition) is 3. The topological polar surface area (TPSA) is 42.7 Å². The molecule has 5 atom stereocenters. The molecule has 2 fully saturated rings. The molecule has 3 heterocycles. The lowest BCUT2D eigenvalue weighted by Crippen LogP contribution is -2.76. The van der Waals surface area contributed by atoms with Crippen molar-refractivity contribution in [3.05, 3.63) is 59.1 Å². The minimum absolute atomic E-state index is 0.00507. The zero-order valence-electron chi connectivity index (χ0n) is 20.4. The summed E-state index contributed by atoms with van der Waals surface area (Å²) in [5, 5.41) is 0. The summed E-state index contributed by atoms with van der Waals surface area (Å²) in [5.74, 6) is 1.13. The van der Waals surface area contributed by atoms with E-state index in [2.05, 4.69) is 40.1 Å². The fraction of sp³-hybridized carbons (Fsp3) is 0.536. The summed E-state index contributed by atoms with van der Waals surface area (Å²) in [6, 6.07) is 7.08. The second-order valence-electron chi connectivity index (χ2n) is 11.6. The zero-order valence-corrected chi connectivity index (χ0v) is 20.4. The maximum absolute atomic E-state index is 13.2. The highest BCUT2D eigenvalue weighted by Crippen LogP contribution is 2.69. The van der Waals surface area contributed by atoms with Crippen LogP contribution in [0.5, 0.6) is 5.75 Å². The van der Waals surface area contributed by atoms with Crippen molar-refractivity contribution in [3.8, 4) is 5.75 Å². The van der Waals surface area contributed by atoms with Crippen molar-refractivity contribution in [3.63, 3.8) is 0 Å². The fourth-order valence-electron chi connectivity index (χ4n) is 8.05. The molecule has 1 saturated carbocycles. The highest BCUT2D eigenvalue weighted by Gasteiger charge is 2.74. The molecule has 1 aromatic heterocycles. The predicted molar refractivity (Wildman–Crippen MR) is 128 cm³/mol. The predicted octanol–water partition coefficient (Wildman–Crippen LogP) is 4.33. The highest BCUT2D eigenvalue weighted by atomic mass is 16.5. The van der Waals surface area contributed by atoms with Crippen LogP contribution in [0.25, 0.3) is 6.08 Å². The van der Waals surface area contributed by atoms with Gasteiger partial charge in [-0.05, 0) is 43.0 Å². The number of benzene rings is 1. The minimum Gasteiger partial charge on any atom is -0.487 e. The van der Waals surface area contributed by atoms with Gasteiger partial charge in [0.15, 0.2) is 0 Å². The molecule has 1 amide bonds. The third-order valence-corrected chi connectivity index (χ3v) is 9.83. The molecule has 0 N–H and O–H groups in total. The summed E-state index contributed by atoms with van der Waals surface area (Å²) < 4.78 is 13.1. The van der Waals surface area contributed by atoms with Crippen molar-refractivity contribution in [2.24, 2.45) is 5.41 Å². The molecule has 1 aromatic carbocycles. The smallest absolute Gasteiger partial charge is 0.246 e. The van der Waals surface area contributed by atoms with Crippen LogP contribution in [0.15, 0.2) is 41.2 Å². The average Bonchev–Trinajstić information content (AvgIpc) is 3.42. The van der Waals surface area contributed by atoms with Crippen LogP contribution in [-0.4, -0.2) is 61.2 Å². The van der Waals surface area contributed by atoms with E-state index < -0.39 is 0 Å². The van der Waals surface area contributed by atoms with Crippen LogP contribution in [0.4, 0.5) is 0 Å². The summed E-state index contributed by atoms with van der Waals surface area (Å²) in [6.45, 7) is 5.86. The second kappa shape index (κ2) is 6.75. The van der Waals surface area contributed by atoms with Gasteiger partial charge in [-0.2, -0.15) is 0 Å². The fourth-order valence-corrected chi connectivity index (χ4v) is 8.05. The maximum Gasteiger partial charge on any atom is 0.246 e. The summed E-state index contributed by atoms with van der Waals surface area (Å²) in [6.07, 6.45) is 11.1. The molecule has 5 nitrogen and oxygen atoms in total. The first kappa shape index (κ1) is 21.0. The van der Waals surface area contributed by atoms with Crippen LogP contribution in [0.1, 0.15) is 48.4 Å². The first-order valence-corrected chi connectivity index (χ1v) is 12.3. The Morgan fingerprint density at radius 3 is 2.82 bits per heavy atom. The number of furan rings is 1. The third kappa shape index (κ3) is 2.60. The molecule has 0 unspecified atom stereocenters. The van der Waals surface area contributed by atoms with Crippen molar-refractivity contribution in [2.45, 2.75) is 63.1 Å². The van der Waals surface area contributed by atoms with Gasteiger partial charge in [0.25, 0.3) is 0 Å². The molecule has 1 spiro atoms. The summed E-state index contributed by atoms with van der Waals surface area (Å²) in [4.78, 5) is 15.2. The molecular weight excluding hydrogens is 412 g/mol. The van der Waals surface area contributed by atoms with Gasteiger partial charge in [-0.1, -0.05) is 19.1 Å². The van der Waals surface area contributed by atoms with Gasteiger partial charge >= 0.3 is 0 Å². The lowest BCUT2D eigenvalue weighted by molar-refractivity contribution is -0.932. The van der Waals surface area contributed by atoms with Crippen molar-refractivity contribution in [2.75, 3.05) is 27.7 Å². The number of likely N-dealkylation sites (N-methyl/N-ethyl adjacent to an activating group) is 2. The number of aryl methyl sites for hydroxylation is 1. The van der Waals surface area contributed by atoms with Crippen molar-refractivity contribution < 1.29 is 18.4 Å². The van der Waals surface area contributed by atoms with Gasteiger partial charge < -0.3 is 18.5 Å². The molecule has 6 rings (SSSR count). The van der Waals surface area contributed by atoms with Gasteiger partial charge in [0.2, 0.25) is 5.91 Å². The van der Waals surface area contributed by atoms with E-state index in [1.54, 1.807) is 18.6 Å². The minimum atomic E-state index is -0.0217. The van der Waals surface area contributed by atoms with E-state index in [0.29, 0.717) is 6.04 Å². The molecule has 2 bridgehead atoms. The number of quaternary nitrogens is 1. The number of hydrogen-bond donors (Lipinski definition) is 0. The summed E-state index contributed by atoms with van der Waals surface area (Å²) in [7, 11) is 6.78. The van der Waals surface area contributed by atoms with Crippen LogP contribution in [0, 0.1) is 12.3 Å². The van der Waals surface area contributed by atoms with E-state index in [9.17, 15) is 4.79 Å². The third-order valence-electron chi connectivity index (χ3n) is 9.83. The first-order chi connectivity index (χ1) is 15.7. The Morgan fingerprint density at radius 1 is 1.24 bits per heavy atom. The molecule has 174 valence electrons. The Balaban J connectivity index is 1.43. The number of carbonyl (C=O) groups excluding carboxylic acids is 1. The van der Waals surface area contributed by atoms with Gasteiger partial charge in [-0.25, -0.2) is 0 Å². The molecule has 5 heteroatoms. The lowest BCUT2D eigenvalue weighted by atomic mass is 9.43. The van der Waals surface area contributed by atoms with Gasteiger partial charge in [0.1, 0.15) is 11.9 Å². The van der Waals surface area contributed by atoms with E-state index >= 15 is 0 Å². The normalized spacial score (nSPS) is 35.2. The van der Waals surface area contributed by atoms with E-state index in [0.717, 1.165) is 48.0 Å². The van der Waals surface area contributed by atoms with Gasteiger partial charge in [0, 0.05) is 42.5 Å². The molecular formula is C28H35N2O3+. The molecule has 2 aliphatic carbocycles. The van der Waals surface area contributed by atoms with Crippen molar-refractivity contribution in [1.29, 1.82) is 0 Å². The number of carbonyl (C=O) groups is 1. The standard InChI is InChI=1S/C28H35N2O3/c1-18-6-8-20-16-22-27(2)12-10-21(29(3)23(31)9-7-19-11-15-32-17-19)26-28(27,13-14-30(22,4)5)24(20)25(18)33-26/h6-9,11,15,17,21-22,26H,10,12-14,16H2,1-5H3/q+1/b9-7+/t21-,22+,26+,27+,28+/m1/s1. The second-order valence-corrected chi connectivity index (χ2v) is 11.6. The van der Waals surface area contributed by atoms with E-state index in [1.807, 2.05) is 24.1 Å². The van der Waals surface area contributed by atoms with Crippen LogP contribution in [0.2, 0.25) is 0 Å². The van der Waals surface area contributed by atoms with Gasteiger partial charge in [-0.3, -0.25) is 4.79 Å². The van der Waals surface area contributed by atoms with E-state index in [1.165, 1.54) is 16.7 Å². The Morgan fingerprint density at radius 2 is 2.06 bits per heavy atom. The largest absolute Gasteiger partial charge is 0.487 e. The number of likely N-dealkylation sites (tertiary alicyclic amines) is 1. The van der Waals surface area contributed by atoms with Gasteiger partial charge in [0.05, 0.1) is 50.7 Å². The first-order valence-electron chi connectivity index (χ1n) is 12.3. The molecule has 2 aliphatic heterocycles. The molecule has 1 saturated heterocycles. The lowest BCUT2D eigenvalue weighted by Gasteiger charge is -2.66. The SMILES string of the molecule is Cc1ccc2c3c1O[C@H]1[C@H](N(C)C(=O)/C=C/c4ccoc4)CC[C@@]4(C)[C@H](C2)[N+](C)(C)CC[C@]314. The average molecular weight is 448 g/mol. The zero-order chi connectivity index (χ0) is 23.2. The van der Waals surface area contributed by atoms with Crippen LogP contribution >= 0.6 is 0 Å². The number of amides is 1. The quantitative estimate of drug-likeness (QED) is 0.520. The van der Waals surface area contributed by atoms with Crippen LogP contribution < -0.4 is 4.74 Å². The van der Waals surface area contributed by atoms with Crippen LogP contribution in [-0.2, 0) is 16.6 Å². The van der Waals surface area contributed by atoms with E-state index in [-0.39, 0.29) is 28.9 Å². The Kier molecular flexibility index (Phi) is 4.30. The number of rotatable bonds is 3. The Bertz CT molecular complexity index is 1150. The highest BCUT2D eigenvalue weighted by molar-refractivity contribution is 5.91.